The van der Waals surface area contributed by atoms with Crippen molar-refractivity contribution in [3.63, 3.8) is 0 Å². The summed E-state index contributed by atoms with van der Waals surface area (Å²) in [4.78, 5) is 2.76. The molecule has 1 N–H and O–H groups in total. The van der Waals surface area contributed by atoms with Crippen molar-refractivity contribution in [1.82, 2.24) is 10.2 Å². The maximum absolute atomic E-state index is 3.64. The minimum absolute atomic E-state index is 0.581. The highest BCUT2D eigenvalue weighted by Gasteiger charge is 2.37. The number of rotatable bonds is 4. The highest BCUT2D eigenvalue weighted by molar-refractivity contribution is 5.14. The van der Waals surface area contributed by atoms with Gasteiger partial charge in [0, 0.05) is 19.1 Å². The first kappa shape index (κ1) is 15.1. The van der Waals surface area contributed by atoms with Crippen molar-refractivity contribution in [1.29, 1.82) is 0 Å². The Morgan fingerprint density at radius 1 is 1.19 bits per heavy atom. The lowest BCUT2D eigenvalue weighted by Gasteiger charge is -2.47. The first-order chi connectivity index (χ1) is 10.3. The van der Waals surface area contributed by atoms with Gasteiger partial charge in [-0.3, -0.25) is 0 Å². The van der Waals surface area contributed by atoms with E-state index in [1.54, 1.807) is 0 Å². The maximum atomic E-state index is 3.64. The molecule has 2 unspecified atom stereocenters. The van der Waals surface area contributed by atoms with Gasteiger partial charge in [0.05, 0.1) is 0 Å². The van der Waals surface area contributed by atoms with Crippen LogP contribution in [-0.4, -0.2) is 37.1 Å². The minimum atomic E-state index is 0.581. The second-order valence-corrected chi connectivity index (χ2v) is 7.23. The Morgan fingerprint density at radius 2 is 2.00 bits per heavy atom. The summed E-state index contributed by atoms with van der Waals surface area (Å²) in [5.74, 6) is 0. The van der Waals surface area contributed by atoms with Crippen LogP contribution >= 0.6 is 0 Å². The molecule has 1 aromatic rings. The molecule has 0 aliphatic carbocycles. The van der Waals surface area contributed by atoms with Crippen LogP contribution in [0.2, 0.25) is 0 Å². The molecular weight excluding hydrogens is 256 g/mol. The highest BCUT2D eigenvalue weighted by Crippen LogP contribution is 2.36. The molecule has 2 fully saturated rings. The van der Waals surface area contributed by atoms with Gasteiger partial charge >= 0.3 is 0 Å². The SMILES string of the molecule is CC(CCc1ccccc1)N1CCCC2(CCCNC2)C1. The first-order valence-corrected chi connectivity index (χ1v) is 8.76. The molecule has 0 amide bonds. The fraction of sp³-hybridized carbons (Fsp3) is 0.684. The van der Waals surface area contributed by atoms with Crippen LogP contribution in [0, 0.1) is 5.41 Å². The summed E-state index contributed by atoms with van der Waals surface area (Å²) in [7, 11) is 0. The van der Waals surface area contributed by atoms with Crippen molar-refractivity contribution >= 4 is 0 Å². The Labute approximate surface area is 129 Å². The number of hydrogen-bond donors (Lipinski definition) is 1. The topological polar surface area (TPSA) is 15.3 Å². The Hall–Kier alpha value is -0.860. The third-order valence-corrected chi connectivity index (χ3v) is 5.57. The normalized spacial score (nSPS) is 28.6. The first-order valence-electron chi connectivity index (χ1n) is 8.76. The molecule has 0 radical (unpaired) electrons. The molecule has 2 aliphatic heterocycles. The van der Waals surface area contributed by atoms with Crippen LogP contribution in [0.15, 0.2) is 30.3 Å². The smallest absolute Gasteiger partial charge is 0.00703 e. The largest absolute Gasteiger partial charge is 0.316 e. The third kappa shape index (κ3) is 3.87. The van der Waals surface area contributed by atoms with Gasteiger partial charge in [0.2, 0.25) is 0 Å². The highest BCUT2D eigenvalue weighted by atomic mass is 15.2. The molecular formula is C19H30N2. The van der Waals surface area contributed by atoms with Gasteiger partial charge in [0.15, 0.2) is 0 Å². The summed E-state index contributed by atoms with van der Waals surface area (Å²) in [5.41, 5.74) is 2.06. The predicted octanol–water partition coefficient (Wildman–Crippen LogP) is 3.47. The van der Waals surface area contributed by atoms with Crippen molar-refractivity contribution in [2.24, 2.45) is 5.41 Å². The van der Waals surface area contributed by atoms with Gasteiger partial charge in [-0.2, -0.15) is 0 Å². The molecule has 1 aromatic carbocycles. The molecule has 0 bridgehead atoms. The number of nitrogens with one attached hydrogen (secondary N) is 1. The molecule has 1 spiro atoms. The summed E-state index contributed by atoms with van der Waals surface area (Å²) < 4.78 is 0. The van der Waals surface area contributed by atoms with Gasteiger partial charge in [-0.15, -0.1) is 0 Å². The van der Waals surface area contributed by atoms with Gasteiger partial charge in [-0.25, -0.2) is 0 Å². The zero-order chi connectivity index (χ0) is 14.5. The van der Waals surface area contributed by atoms with Crippen LogP contribution in [0.3, 0.4) is 0 Å². The third-order valence-electron chi connectivity index (χ3n) is 5.57. The monoisotopic (exact) mass is 286 g/mol. The molecule has 2 heterocycles. The Kier molecular flexibility index (Phi) is 4.97. The van der Waals surface area contributed by atoms with E-state index in [-0.39, 0.29) is 0 Å². The molecule has 2 saturated heterocycles. The standard InChI is InChI=1S/C19H30N2/c1-17(9-10-18-7-3-2-4-8-18)21-14-6-12-19(16-21)11-5-13-20-15-19/h2-4,7-8,17,20H,5-6,9-16H2,1H3. The molecule has 2 atom stereocenters. The zero-order valence-electron chi connectivity index (χ0n) is 13.5. The number of aryl methyl sites for hydroxylation is 1. The van der Waals surface area contributed by atoms with E-state index in [4.69, 9.17) is 0 Å². The average molecular weight is 286 g/mol. The van der Waals surface area contributed by atoms with E-state index in [1.165, 1.54) is 70.3 Å². The molecule has 2 heteroatoms. The summed E-state index contributed by atoms with van der Waals surface area (Å²) in [5, 5.41) is 3.64. The second kappa shape index (κ2) is 6.93. The van der Waals surface area contributed by atoms with Crippen molar-refractivity contribution in [3.8, 4) is 0 Å². The van der Waals surface area contributed by atoms with Gasteiger partial charge in [0.25, 0.3) is 0 Å². The Morgan fingerprint density at radius 3 is 2.76 bits per heavy atom. The predicted molar refractivity (Wildman–Crippen MR) is 89.6 cm³/mol. The molecule has 0 aromatic heterocycles. The number of benzene rings is 1. The van der Waals surface area contributed by atoms with Crippen LogP contribution in [0.5, 0.6) is 0 Å². The van der Waals surface area contributed by atoms with Crippen molar-refractivity contribution in [2.75, 3.05) is 26.2 Å². The molecule has 2 aliphatic rings. The number of hydrogen-bond acceptors (Lipinski definition) is 2. The maximum Gasteiger partial charge on any atom is 0.00703 e. The fourth-order valence-electron chi connectivity index (χ4n) is 4.20. The molecule has 3 rings (SSSR count). The lowest BCUT2D eigenvalue weighted by molar-refractivity contribution is 0.0398. The van der Waals surface area contributed by atoms with E-state index in [2.05, 4.69) is 47.5 Å². The van der Waals surface area contributed by atoms with Gasteiger partial charge < -0.3 is 10.2 Å². The quantitative estimate of drug-likeness (QED) is 0.911. The number of nitrogens with zero attached hydrogens (tertiary/aromatic N) is 1. The average Bonchev–Trinajstić information content (AvgIpc) is 2.54. The van der Waals surface area contributed by atoms with Crippen LogP contribution in [0.25, 0.3) is 0 Å². The molecule has 2 nitrogen and oxygen atoms in total. The van der Waals surface area contributed by atoms with E-state index in [0.717, 1.165) is 0 Å². The van der Waals surface area contributed by atoms with Crippen molar-refractivity contribution < 1.29 is 0 Å². The van der Waals surface area contributed by atoms with Crippen molar-refractivity contribution in [3.05, 3.63) is 35.9 Å². The van der Waals surface area contributed by atoms with E-state index in [9.17, 15) is 0 Å². The molecule has 0 saturated carbocycles. The second-order valence-electron chi connectivity index (χ2n) is 7.23. The van der Waals surface area contributed by atoms with E-state index in [1.807, 2.05) is 0 Å². The van der Waals surface area contributed by atoms with Crippen LogP contribution in [0.1, 0.15) is 44.6 Å². The van der Waals surface area contributed by atoms with Gasteiger partial charge in [-0.05, 0) is 69.5 Å². The van der Waals surface area contributed by atoms with Gasteiger partial charge in [-0.1, -0.05) is 30.3 Å². The van der Waals surface area contributed by atoms with Crippen LogP contribution in [-0.2, 0) is 6.42 Å². The lowest BCUT2D eigenvalue weighted by atomic mass is 9.74. The Balaban J connectivity index is 1.53. The zero-order valence-corrected chi connectivity index (χ0v) is 13.5. The van der Waals surface area contributed by atoms with E-state index in [0.29, 0.717) is 11.5 Å². The summed E-state index contributed by atoms with van der Waals surface area (Å²) >= 11 is 0. The summed E-state index contributed by atoms with van der Waals surface area (Å²) in [6.07, 6.45) is 8.12. The van der Waals surface area contributed by atoms with E-state index >= 15 is 0 Å². The minimum Gasteiger partial charge on any atom is -0.316 e. The van der Waals surface area contributed by atoms with Gasteiger partial charge in [0.1, 0.15) is 0 Å². The molecule has 116 valence electrons. The summed E-state index contributed by atoms with van der Waals surface area (Å²) in [6.45, 7) is 7.52. The number of piperidine rings is 2. The van der Waals surface area contributed by atoms with E-state index < -0.39 is 0 Å². The molecule has 21 heavy (non-hydrogen) atoms. The van der Waals surface area contributed by atoms with Crippen molar-refractivity contribution in [2.45, 2.75) is 51.5 Å². The number of likely N-dealkylation sites (tertiary alicyclic amines) is 1. The Bertz CT molecular complexity index is 417. The van der Waals surface area contributed by atoms with Crippen LogP contribution < -0.4 is 5.32 Å². The fourth-order valence-corrected chi connectivity index (χ4v) is 4.20. The van der Waals surface area contributed by atoms with Crippen LogP contribution in [0.4, 0.5) is 0 Å². The lowest BCUT2D eigenvalue weighted by Crippen LogP contribution is -2.53. The summed E-state index contributed by atoms with van der Waals surface area (Å²) in [6, 6.07) is 11.7.